The zero-order valence-corrected chi connectivity index (χ0v) is 7.86. The summed E-state index contributed by atoms with van der Waals surface area (Å²) in [5, 5.41) is 6.97. The molecule has 0 fully saturated rings. The summed E-state index contributed by atoms with van der Waals surface area (Å²) in [5.74, 6) is 0. The van der Waals surface area contributed by atoms with E-state index in [1.54, 1.807) is 0 Å². The molecule has 2 rings (SSSR count). The largest absolute Gasteiger partial charge is 0.325 e. The van der Waals surface area contributed by atoms with Crippen LogP contribution in [0.3, 0.4) is 0 Å². The van der Waals surface area contributed by atoms with Gasteiger partial charge in [-0.3, -0.25) is 5.10 Å². The molecule has 0 aliphatic carbocycles. The lowest BCUT2D eigenvalue weighted by molar-refractivity contribution is 0.961. The van der Waals surface area contributed by atoms with Gasteiger partial charge in [-0.25, -0.2) is 9.97 Å². The summed E-state index contributed by atoms with van der Waals surface area (Å²) in [5.41, 5.74) is 8.92. The van der Waals surface area contributed by atoms with E-state index in [9.17, 15) is 0 Å². The second-order valence-electron chi connectivity index (χ2n) is 3.03. The van der Waals surface area contributed by atoms with Gasteiger partial charge in [-0.2, -0.15) is 5.10 Å². The topological polar surface area (TPSA) is 80.5 Å². The van der Waals surface area contributed by atoms with Crippen molar-refractivity contribution in [1.29, 1.82) is 0 Å². The number of nitrogens with zero attached hydrogens (tertiary/aromatic N) is 3. The summed E-state index contributed by atoms with van der Waals surface area (Å²) in [6.07, 6.45) is 1.50. The van der Waals surface area contributed by atoms with E-state index in [2.05, 4.69) is 20.2 Å². The maximum absolute atomic E-state index is 5.48. The molecule has 0 aliphatic heterocycles. The fourth-order valence-electron chi connectivity index (χ4n) is 1.20. The molecule has 0 aromatic carbocycles. The van der Waals surface area contributed by atoms with Crippen LogP contribution in [0, 0.1) is 6.92 Å². The molecule has 0 aliphatic rings. The van der Waals surface area contributed by atoms with Gasteiger partial charge in [0.1, 0.15) is 12.0 Å². The van der Waals surface area contributed by atoms with E-state index in [-0.39, 0.29) is 0 Å². The van der Waals surface area contributed by atoms with Crippen molar-refractivity contribution in [3.8, 4) is 11.4 Å². The molecule has 5 nitrogen and oxygen atoms in total. The Kier molecular flexibility index (Phi) is 2.24. The Morgan fingerprint density at radius 3 is 2.79 bits per heavy atom. The Balaban J connectivity index is 2.41. The lowest BCUT2D eigenvalue weighted by atomic mass is 10.2. The summed E-state index contributed by atoms with van der Waals surface area (Å²) in [4.78, 5) is 8.14. The zero-order chi connectivity index (χ0) is 9.97. The van der Waals surface area contributed by atoms with Crippen LogP contribution in [0.1, 0.15) is 11.4 Å². The maximum atomic E-state index is 5.48. The molecule has 0 unspecified atom stereocenters. The summed E-state index contributed by atoms with van der Waals surface area (Å²) >= 11 is 0. The highest BCUT2D eigenvalue weighted by Gasteiger charge is 2.03. The lowest BCUT2D eigenvalue weighted by Gasteiger charge is -1.97. The van der Waals surface area contributed by atoms with E-state index in [1.165, 1.54) is 6.33 Å². The van der Waals surface area contributed by atoms with Crippen LogP contribution in [0.5, 0.6) is 0 Å². The van der Waals surface area contributed by atoms with E-state index in [4.69, 9.17) is 5.73 Å². The van der Waals surface area contributed by atoms with Gasteiger partial charge in [0.2, 0.25) is 0 Å². The van der Waals surface area contributed by atoms with Gasteiger partial charge in [0, 0.05) is 12.2 Å². The quantitative estimate of drug-likeness (QED) is 0.726. The molecule has 0 atom stereocenters. The van der Waals surface area contributed by atoms with E-state index >= 15 is 0 Å². The predicted molar refractivity (Wildman–Crippen MR) is 52.2 cm³/mol. The monoisotopic (exact) mass is 189 g/mol. The fraction of sp³-hybridized carbons (Fsp3) is 0.222. The third-order valence-electron chi connectivity index (χ3n) is 1.90. The van der Waals surface area contributed by atoms with Crippen molar-refractivity contribution in [2.75, 3.05) is 0 Å². The van der Waals surface area contributed by atoms with Crippen molar-refractivity contribution in [2.24, 2.45) is 5.73 Å². The number of nitrogens with one attached hydrogen (secondary N) is 1. The van der Waals surface area contributed by atoms with Gasteiger partial charge in [0.15, 0.2) is 0 Å². The van der Waals surface area contributed by atoms with Crippen LogP contribution < -0.4 is 5.73 Å². The summed E-state index contributed by atoms with van der Waals surface area (Å²) in [7, 11) is 0. The molecular weight excluding hydrogens is 178 g/mol. The highest BCUT2D eigenvalue weighted by atomic mass is 15.1. The minimum absolute atomic E-state index is 0.416. The zero-order valence-electron chi connectivity index (χ0n) is 7.86. The lowest BCUT2D eigenvalue weighted by Crippen LogP contribution is -2.00. The number of rotatable bonds is 2. The molecule has 14 heavy (non-hydrogen) atoms. The first-order valence-electron chi connectivity index (χ1n) is 4.33. The van der Waals surface area contributed by atoms with Crippen LogP contribution >= 0.6 is 0 Å². The number of hydrogen-bond donors (Lipinski definition) is 2. The third-order valence-corrected chi connectivity index (χ3v) is 1.90. The van der Waals surface area contributed by atoms with Crippen LogP contribution in [0.15, 0.2) is 18.5 Å². The van der Waals surface area contributed by atoms with E-state index in [0.717, 1.165) is 22.8 Å². The highest BCUT2D eigenvalue weighted by molar-refractivity contribution is 5.53. The van der Waals surface area contributed by atoms with Crippen molar-refractivity contribution in [3.05, 3.63) is 29.8 Å². The van der Waals surface area contributed by atoms with Crippen LogP contribution in [0.25, 0.3) is 11.4 Å². The molecule has 72 valence electrons. The van der Waals surface area contributed by atoms with Crippen LogP contribution in [-0.2, 0) is 6.54 Å². The molecule has 0 spiro atoms. The minimum atomic E-state index is 0.416. The van der Waals surface area contributed by atoms with E-state index in [1.807, 2.05) is 19.1 Å². The first-order chi connectivity index (χ1) is 6.79. The molecule has 0 saturated heterocycles. The SMILES string of the molecule is Cc1cc(-c2cc(CN)ncn2)n[nH]1. The Morgan fingerprint density at radius 1 is 1.29 bits per heavy atom. The Labute approximate surface area is 81.4 Å². The average molecular weight is 189 g/mol. The number of aromatic nitrogens is 4. The highest BCUT2D eigenvalue weighted by Crippen LogP contribution is 2.14. The van der Waals surface area contributed by atoms with Crippen LogP contribution in [-0.4, -0.2) is 20.2 Å². The van der Waals surface area contributed by atoms with Crippen LogP contribution in [0.4, 0.5) is 0 Å². The number of aryl methyl sites for hydroxylation is 1. The van der Waals surface area contributed by atoms with Crippen molar-refractivity contribution in [2.45, 2.75) is 13.5 Å². The molecule has 0 bridgehead atoms. The second-order valence-corrected chi connectivity index (χ2v) is 3.03. The molecule has 5 heteroatoms. The Bertz CT molecular complexity index is 434. The summed E-state index contributed by atoms with van der Waals surface area (Å²) < 4.78 is 0. The van der Waals surface area contributed by atoms with Gasteiger partial charge in [-0.1, -0.05) is 0 Å². The van der Waals surface area contributed by atoms with Gasteiger partial charge >= 0.3 is 0 Å². The molecule has 2 aromatic heterocycles. The number of aromatic amines is 1. The average Bonchev–Trinajstić information content (AvgIpc) is 2.65. The third kappa shape index (κ3) is 1.62. The van der Waals surface area contributed by atoms with Crippen molar-refractivity contribution in [1.82, 2.24) is 20.2 Å². The maximum Gasteiger partial charge on any atom is 0.116 e. The van der Waals surface area contributed by atoms with Crippen LogP contribution in [0.2, 0.25) is 0 Å². The van der Waals surface area contributed by atoms with Gasteiger partial charge < -0.3 is 5.73 Å². The van der Waals surface area contributed by atoms with Gasteiger partial charge in [-0.05, 0) is 19.1 Å². The smallest absolute Gasteiger partial charge is 0.116 e. The summed E-state index contributed by atoms with van der Waals surface area (Å²) in [6, 6.07) is 3.78. The number of H-pyrrole nitrogens is 1. The molecular formula is C9H11N5. The molecule has 0 amide bonds. The standard InChI is InChI=1S/C9H11N5/c1-6-2-9(14-13-6)8-3-7(4-10)11-5-12-8/h2-3,5H,4,10H2,1H3,(H,13,14). The predicted octanol–water partition coefficient (Wildman–Crippen LogP) is 0.634. The van der Waals surface area contributed by atoms with Gasteiger partial charge in [0.25, 0.3) is 0 Å². The van der Waals surface area contributed by atoms with Gasteiger partial charge in [-0.15, -0.1) is 0 Å². The molecule has 2 aromatic rings. The number of hydrogen-bond acceptors (Lipinski definition) is 4. The summed E-state index contributed by atoms with van der Waals surface area (Å²) in [6.45, 7) is 2.36. The van der Waals surface area contributed by atoms with Crippen molar-refractivity contribution < 1.29 is 0 Å². The number of nitrogens with two attached hydrogens (primary N) is 1. The molecule has 0 radical (unpaired) electrons. The van der Waals surface area contributed by atoms with Crippen molar-refractivity contribution >= 4 is 0 Å². The fourth-order valence-corrected chi connectivity index (χ4v) is 1.20. The molecule has 2 heterocycles. The van der Waals surface area contributed by atoms with E-state index in [0.29, 0.717) is 6.54 Å². The molecule has 3 N–H and O–H groups in total. The Hall–Kier alpha value is -1.75. The second kappa shape index (κ2) is 3.55. The van der Waals surface area contributed by atoms with E-state index < -0.39 is 0 Å². The minimum Gasteiger partial charge on any atom is -0.325 e. The first kappa shape index (κ1) is 8.83. The first-order valence-corrected chi connectivity index (χ1v) is 4.33. The molecule has 0 saturated carbocycles. The normalized spacial score (nSPS) is 10.4. The Morgan fingerprint density at radius 2 is 2.14 bits per heavy atom. The van der Waals surface area contributed by atoms with Gasteiger partial charge in [0.05, 0.1) is 11.4 Å². The van der Waals surface area contributed by atoms with Crippen molar-refractivity contribution in [3.63, 3.8) is 0 Å².